The number of hydrogen-bond acceptors (Lipinski definition) is 19. The smallest absolute Gasteiger partial charge is 0.311 e. The molecule has 0 radical (unpaired) electrons. The van der Waals surface area contributed by atoms with E-state index in [2.05, 4.69) is 0 Å². The standard InChI is InChI=1S/C59H83NO19/c1-35-18-15-13-11-9-7-5-6-8-10-12-14-16-21-47(78-59-56(74)55(73)54(72)38(4)77-59)33-51(70)53(58(75)76)50(69)31-46(66)30-45(65)29-44(64)28-43(63)27-41(61)19-17-20-42(62)32-52(71)79-57(35)37(3)26-36(2)48(67)34-49(68)39-22-24-40(60)25-23-39/h5-16,18,21-25,35-38,42-45,47-48,50-51,53-54,56-57,59,62-65,67,69-70,72,74H,17,19-20,26-34,60H2,1-4H3,(H,75,76)/b6-5+,9-7+,10-8+,13-11+,14-12+,18-15+,21-16+/t35-,36?,37?,38?,42-,43+,44+,45+,47+,48+,50?,51?,53?,54?,56+,57?,59+/m0/s1. The summed E-state index contributed by atoms with van der Waals surface area (Å²) >= 11 is 0. The molecular weight excluding hydrogens is 1030 g/mol. The molecule has 3 rings (SSSR count). The summed E-state index contributed by atoms with van der Waals surface area (Å²) < 4.78 is 17.3. The van der Waals surface area contributed by atoms with Gasteiger partial charge in [-0.2, -0.15) is 0 Å². The highest BCUT2D eigenvalue weighted by Crippen LogP contribution is 2.29. The van der Waals surface area contributed by atoms with Gasteiger partial charge in [-0.25, -0.2) is 0 Å². The Hall–Kier alpha value is -5.62. The zero-order chi connectivity index (χ0) is 58.8. The number of ether oxygens (including phenoxy) is 3. The first-order valence-corrected chi connectivity index (χ1v) is 26.9. The second-order valence-corrected chi connectivity index (χ2v) is 20.8. The molecule has 1 fully saturated rings. The number of carboxylic acid groups (broad SMARTS) is 1. The highest BCUT2D eigenvalue weighted by molar-refractivity contribution is 5.96. The molecule has 79 heavy (non-hydrogen) atoms. The highest BCUT2D eigenvalue weighted by atomic mass is 16.7. The maximum Gasteiger partial charge on any atom is 0.311 e. The Labute approximate surface area is 462 Å². The molecule has 12 N–H and O–H groups in total. The molecule has 2 heterocycles. The van der Waals surface area contributed by atoms with Gasteiger partial charge >= 0.3 is 11.9 Å². The van der Waals surface area contributed by atoms with Crippen molar-refractivity contribution in [1.82, 2.24) is 0 Å². The van der Waals surface area contributed by atoms with Crippen LogP contribution in [0.5, 0.6) is 0 Å². The third kappa shape index (κ3) is 25.2. The van der Waals surface area contributed by atoms with Crippen LogP contribution in [0, 0.1) is 23.7 Å². The van der Waals surface area contributed by atoms with Crippen LogP contribution in [0.2, 0.25) is 0 Å². The minimum Gasteiger partial charge on any atom is -0.481 e. The van der Waals surface area contributed by atoms with Crippen molar-refractivity contribution in [2.75, 3.05) is 5.73 Å². The molecule has 0 saturated carbocycles. The SMILES string of the molecule is CC(CC(C)[C@H](O)CC(=O)c1ccc(N)cc1)C1OC(=O)C[C@@H](O)CCCC(=O)C[C@@H](O)C[C@@H](O)C[C@@H](O)CC(=O)CC(O)C(C(=O)O)C(O)C[C@H](O[C@H]2OC(C)C(O)C(=O)[C@H]2O)/C=C/C=C/C=C/C=C/C=C/C=C/C=C/[C@@H]1C. The number of aliphatic hydroxyl groups excluding tert-OH is 9. The normalized spacial score (nSPS) is 34.7. The second-order valence-electron chi connectivity index (χ2n) is 20.8. The number of cyclic esters (lactones) is 1. The Morgan fingerprint density at radius 3 is 1.78 bits per heavy atom. The minimum atomic E-state index is -1.98. The maximum absolute atomic E-state index is 13.3. The molecule has 0 spiro atoms. The van der Waals surface area contributed by atoms with Crippen molar-refractivity contribution in [3.05, 3.63) is 115 Å². The number of allylic oxidation sites excluding steroid dienone is 12. The van der Waals surface area contributed by atoms with E-state index in [1.807, 2.05) is 26.8 Å². The molecule has 17 atom stereocenters. The van der Waals surface area contributed by atoms with Crippen LogP contribution in [-0.2, 0) is 38.2 Å². The van der Waals surface area contributed by atoms with Crippen LogP contribution in [0.1, 0.15) is 115 Å². The number of anilines is 1. The number of esters is 1. The van der Waals surface area contributed by atoms with Crippen LogP contribution in [0.3, 0.4) is 0 Å². The number of aliphatic carboxylic acids is 1. The van der Waals surface area contributed by atoms with Crippen molar-refractivity contribution in [2.24, 2.45) is 23.7 Å². The van der Waals surface area contributed by atoms with Crippen LogP contribution in [0.4, 0.5) is 5.69 Å². The van der Waals surface area contributed by atoms with Crippen LogP contribution in [-0.4, -0.2) is 166 Å². The summed E-state index contributed by atoms with van der Waals surface area (Å²) in [6.07, 6.45) is 1.88. The van der Waals surface area contributed by atoms with Crippen molar-refractivity contribution in [1.29, 1.82) is 0 Å². The molecule has 2 aliphatic heterocycles. The predicted molar refractivity (Wildman–Crippen MR) is 291 cm³/mol. The summed E-state index contributed by atoms with van der Waals surface area (Å²) in [5.41, 5.74) is 6.68. The number of carbonyl (C=O) groups excluding carboxylic acids is 5. The summed E-state index contributed by atoms with van der Waals surface area (Å²) in [7, 11) is 0. The molecule has 0 aliphatic carbocycles. The zero-order valence-electron chi connectivity index (χ0n) is 45.4. The number of carbonyl (C=O) groups is 6. The van der Waals surface area contributed by atoms with Crippen molar-refractivity contribution in [2.45, 2.75) is 184 Å². The number of hydrogen-bond donors (Lipinski definition) is 11. The van der Waals surface area contributed by atoms with Gasteiger partial charge in [0, 0.05) is 55.7 Å². The van der Waals surface area contributed by atoms with Gasteiger partial charge in [0.2, 0.25) is 0 Å². The highest BCUT2D eigenvalue weighted by Gasteiger charge is 2.44. The average molecular weight is 1110 g/mol. The second kappa shape index (κ2) is 35.2. The molecule has 1 aromatic carbocycles. The fraction of sp³-hybridized carbons (Fsp3) is 0.559. The quantitative estimate of drug-likeness (QED) is 0.0905. The number of benzene rings is 1. The number of ketones is 4. The number of Topliss-reactive ketones (excluding diaryl/α,β-unsaturated/α-hetero) is 4. The number of carboxylic acids is 1. The summed E-state index contributed by atoms with van der Waals surface area (Å²) in [5.74, 6) is -7.83. The van der Waals surface area contributed by atoms with E-state index in [-0.39, 0.29) is 68.5 Å². The van der Waals surface area contributed by atoms with Crippen LogP contribution in [0.15, 0.2) is 109 Å². The lowest BCUT2D eigenvalue weighted by atomic mass is 9.83. The van der Waals surface area contributed by atoms with Gasteiger partial charge in [0.15, 0.2) is 24.0 Å². The van der Waals surface area contributed by atoms with Crippen LogP contribution >= 0.6 is 0 Å². The molecule has 2 aliphatic rings. The van der Waals surface area contributed by atoms with E-state index in [1.165, 1.54) is 19.1 Å². The molecule has 1 saturated heterocycles. The van der Waals surface area contributed by atoms with Gasteiger partial charge in [-0.15, -0.1) is 0 Å². The molecule has 20 nitrogen and oxygen atoms in total. The Morgan fingerprint density at radius 2 is 1.22 bits per heavy atom. The molecule has 0 amide bonds. The van der Waals surface area contributed by atoms with E-state index in [0.717, 1.165) is 0 Å². The molecule has 438 valence electrons. The minimum absolute atomic E-state index is 0.0462. The van der Waals surface area contributed by atoms with E-state index in [4.69, 9.17) is 19.9 Å². The van der Waals surface area contributed by atoms with Crippen molar-refractivity contribution in [3.63, 3.8) is 0 Å². The monoisotopic (exact) mass is 1110 g/mol. The maximum atomic E-state index is 13.3. The fourth-order valence-electron chi connectivity index (χ4n) is 9.30. The summed E-state index contributed by atoms with van der Waals surface area (Å²) in [4.78, 5) is 76.8. The fourth-order valence-corrected chi connectivity index (χ4v) is 9.30. The van der Waals surface area contributed by atoms with E-state index in [1.54, 1.807) is 91.1 Å². The Balaban J connectivity index is 1.83. The van der Waals surface area contributed by atoms with E-state index < -0.39 is 140 Å². The molecule has 0 aromatic heterocycles. The van der Waals surface area contributed by atoms with Crippen molar-refractivity contribution < 1.29 is 94.0 Å². The Morgan fingerprint density at radius 1 is 0.671 bits per heavy atom. The number of nitrogens with two attached hydrogens (primary N) is 1. The third-order valence-electron chi connectivity index (χ3n) is 13.7. The van der Waals surface area contributed by atoms with Crippen LogP contribution in [0.25, 0.3) is 0 Å². The number of aliphatic hydroxyl groups is 9. The largest absolute Gasteiger partial charge is 0.481 e. The number of nitrogen functional groups attached to an aromatic ring is 1. The first-order valence-electron chi connectivity index (χ1n) is 26.9. The van der Waals surface area contributed by atoms with E-state index >= 15 is 0 Å². The summed E-state index contributed by atoms with van der Waals surface area (Å²) in [6.45, 7) is 6.92. The van der Waals surface area contributed by atoms with Gasteiger partial charge < -0.3 is 71.0 Å². The van der Waals surface area contributed by atoms with Gasteiger partial charge in [-0.1, -0.05) is 106 Å². The first-order chi connectivity index (χ1) is 37.4. The van der Waals surface area contributed by atoms with Gasteiger partial charge in [0.05, 0.1) is 61.4 Å². The average Bonchev–Trinajstić information content (AvgIpc) is 3.36. The lowest BCUT2D eigenvalue weighted by Crippen LogP contribution is -2.55. The summed E-state index contributed by atoms with van der Waals surface area (Å²) in [5, 5.41) is 106. The third-order valence-corrected chi connectivity index (χ3v) is 13.7. The first kappa shape index (κ1) is 67.7. The number of rotatable bonds is 10. The lowest BCUT2D eigenvalue weighted by molar-refractivity contribution is -0.258. The lowest BCUT2D eigenvalue weighted by Gasteiger charge is -2.36. The molecule has 20 heteroatoms. The molecular formula is C59H83NO19. The van der Waals surface area contributed by atoms with E-state index in [0.29, 0.717) is 17.7 Å². The molecule has 1 aromatic rings. The zero-order valence-corrected chi connectivity index (χ0v) is 45.4. The van der Waals surface area contributed by atoms with Gasteiger partial charge in [-0.3, -0.25) is 28.8 Å². The topological polar surface area (TPSA) is 358 Å². The van der Waals surface area contributed by atoms with Gasteiger partial charge in [0.25, 0.3) is 0 Å². The van der Waals surface area contributed by atoms with Gasteiger partial charge in [0.1, 0.15) is 29.7 Å². The van der Waals surface area contributed by atoms with Crippen molar-refractivity contribution >= 4 is 40.8 Å². The summed E-state index contributed by atoms with van der Waals surface area (Å²) in [6, 6.07) is 6.42. The Kier molecular flexibility index (Phi) is 30.1. The van der Waals surface area contributed by atoms with E-state index in [9.17, 15) is 79.8 Å². The molecule has 8 unspecified atom stereocenters. The van der Waals surface area contributed by atoms with Crippen molar-refractivity contribution in [3.8, 4) is 0 Å². The van der Waals surface area contributed by atoms with Crippen LogP contribution < -0.4 is 5.73 Å². The molecule has 0 bridgehead atoms. The predicted octanol–water partition coefficient (Wildman–Crippen LogP) is 3.65. The van der Waals surface area contributed by atoms with Gasteiger partial charge in [-0.05, 0) is 75.1 Å². The Bertz CT molecular complexity index is 2310.